The lowest BCUT2D eigenvalue weighted by atomic mass is 9.78. The van der Waals surface area contributed by atoms with Crippen LogP contribution in [-0.2, 0) is 0 Å². The van der Waals surface area contributed by atoms with Crippen molar-refractivity contribution in [3.63, 3.8) is 0 Å². The number of hydrogen-bond donors (Lipinski definition) is 0. The molecule has 0 aliphatic heterocycles. The van der Waals surface area contributed by atoms with Gasteiger partial charge < -0.3 is 0 Å². The van der Waals surface area contributed by atoms with Crippen molar-refractivity contribution >= 4 is 0 Å². The van der Waals surface area contributed by atoms with Crippen LogP contribution < -0.4 is 0 Å². The maximum absolute atomic E-state index is 4.99. The molecule has 0 bridgehead atoms. The maximum atomic E-state index is 4.99. The Bertz CT molecular complexity index is 3350. The quantitative estimate of drug-likeness (QED) is 0.138. The van der Waals surface area contributed by atoms with Crippen molar-refractivity contribution < 1.29 is 0 Å². The van der Waals surface area contributed by atoms with Crippen LogP contribution in [0.5, 0.6) is 0 Å². The molecule has 0 aliphatic rings. The molecule has 0 saturated heterocycles. The molecule has 11 rings (SSSR count). The second-order valence-electron chi connectivity index (χ2n) is 16.3. The summed E-state index contributed by atoms with van der Waals surface area (Å²) >= 11 is 0. The highest BCUT2D eigenvalue weighted by Gasteiger charge is 2.24. The summed E-state index contributed by atoms with van der Waals surface area (Å²) in [4.78, 5) is 14.9. The van der Waals surface area contributed by atoms with Crippen LogP contribution in [0.15, 0.2) is 261 Å². The first kappa shape index (κ1) is 40.0. The maximum Gasteiger partial charge on any atom is 0.164 e. The van der Waals surface area contributed by atoms with Crippen LogP contribution in [0.1, 0.15) is 0 Å². The normalized spacial score (nSPS) is 11.0. The first-order valence-electron chi connectivity index (χ1n) is 22.3. The first-order chi connectivity index (χ1) is 32.7. The minimum Gasteiger partial charge on any atom is -0.208 e. The largest absolute Gasteiger partial charge is 0.208 e. The first-order valence-corrected chi connectivity index (χ1v) is 22.3. The number of nitrogens with zero attached hydrogens (tertiary/aromatic N) is 3. The lowest BCUT2D eigenvalue weighted by Gasteiger charge is -2.24. The molecule has 66 heavy (non-hydrogen) atoms. The van der Waals surface area contributed by atoms with E-state index < -0.39 is 0 Å². The SMILES string of the molecule is c1ccc(-c2nc(-c3ccccc3)nc(-c3cccc(-c4ccc(-c5cccc(-c6c(-c7ccccc7)cc(-c7ccccc7)c(-c7ccccc7)c6-c6ccccc6)c5)cc4)c3)n2)cc1. The second-order valence-corrected chi connectivity index (χ2v) is 16.3. The minimum atomic E-state index is 0.634. The molecular formula is C63H43N3. The van der Waals surface area contributed by atoms with E-state index in [0.29, 0.717) is 17.5 Å². The van der Waals surface area contributed by atoms with Gasteiger partial charge in [-0.1, -0.05) is 243 Å². The van der Waals surface area contributed by atoms with Gasteiger partial charge in [-0.15, -0.1) is 0 Å². The van der Waals surface area contributed by atoms with Gasteiger partial charge in [0.1, 0.15) is 0 Å². The molecule has 3 heteroatoms. The summed E-state index contributed by atoms with van der Waals surface area (Å²) in [6.07, 6.45) is 0. The molecule has 1 aromatic heterocycles. The third-order valence-electron chi connectivity index (χ3n) is 12.1. The van der Waals surface area contributed by atoms with Gasteiger partial charge in [0.25, 0.3) is 0 Å². The van der Waals surface area contributed by atoms with Gasteiger partial charge in [0.05, 0.1) is 0 Å². The van der Waals surface area contributed by atoms with Crippen LogP contribution in [0.4, 0.5) is 0 Å². The standard InChI is InChI=1S/C63H43N3/c1-7-21-46(22-8-1)56-43-57(47-23-9-2-10-24-47)59(60(49-27-13-4-14-28-49)58(56)48-25-11-3-12-26-48)54-35-19-33-52(41-54)44-37-39-45(40-38-44)53-34-20-36-55(42-53)63-65-61(50-29-15-5-16-30-50)64-62(66-63)51-31-17-6-18-32-51/h1-43H. The summed E-state index contributed by atoms with van der Waals surface area (Å²) in [6, 6.07) is 92.4. The lowest BCUT2D eigenvalue weighted by Crippen LogP contribution is -2.00. The Morgan fingerprint density at radius 2 is 0.455 bits per heavy atom. The van der Waals surface area contributed by atoms with E-state index in [4.69, 9.17) is 15.0 Å². The zero-order valence-corrected chi connectivity index (χ0v) is 36.2. The van der Waals surface area contributed by atoms with E-state index in [1.807, 2.05) is 60.7 Å². The topological polar surface area (TPSA) is 38.7 Å². The van der Waals surface area contributed by atoms with Crippen LogP contribution in [0.25, 0.3) is 112 Å². The summed E-state index contributed by atoms with van der Waals surface area (Å²) in [5, 5.41) is 0. The molecule has 11 aromatic rings. The fourth-order valence-corrected chi connectivity index (χ4v) is 8.96. The van der Waals surface area contributed by atoms with Gasteiger partial charge in [0.15, 0.2) is 17.5 Å². The Labute approximate surface area is 386 Å². The van der Waals surface area contributed by atoms with Gasteiger partial charge in [0, 0.05) is 16.7 Å². The molecule has 0 amide bonds. The van der Waals surface area contributed by atoms with Gasteiger partial charge in [-0.2, -0.15) is 0 Å². The molecule has 0 unspecified atom stereocenters. The summed E-state index contributed by atoms with van der Waals surface area (Å²) in [5.41, 5.74) is 19.2. The van der Waals surface area contributed by atoms with Crippen LogP contribution in [0.3, 0.4) is 0 Å². The Hall–Kier alpha value is -8.79. The number of benzene rings is 10. The molecule has 0 atom stereocenters. The van der Waals surface area contributed by atoms with Gasteiger partial charge in [-0.05, 0) is 96.1 Å². The van der Waals surface area contributed by atoms with Crippen molar-refractivity contribution in [2.24, 2.45) is 0 Å². The molecular weight excluding hydrogens is 799 g/mol. The number of aromatic nitrogens is 3. The Kier molecular flexibility index (Phi) is 11.0. The Morgan fingerprint density at radius 3 is 0.879 bits per heavy atom. The molecule has 1 heterocycles. The summed E-state index contributed by atoms with van der Waals surface area (Å²) in [5.74, 6) is 1.92. The summed E-state index contributed by atoms with van der Waals surface area (Å²) in [6.45, 7) is 0. The average molecular weight is 842 g/mol. The van der Waals surface area contributed by atoms with Gasteiger partial charge in [0.2, 0.25) is 0 Å². The lowest BCUT2D eigenvalue weighted by molar-refractivity contribution is 1.07. The van der Waals surface area contributed by atoms with Crippen molar-refractivity contribution in [1.29, 1.82) is 0 Å². The Morgan fingerprint density at radius 1 is 0.167 bits per heavy atom. The van der Waals surface area contributed by atoms with Gasteiger partial charge in [-0.3, -0.25) is 0 Å². The molecule has 0 aliphatic carbocycles. The zero-order chi connectivity index (χ0) is 44.1. The van der Waals surface area contributed by atoms with Crippen LogP contribution in [0, 0.1) is 0 Å². The van der Waals surface area contributed by atoms with E-state index in [1.54, 1.807) is 0 Å². The van der Waals surface area contributed by atoms with Crippen molar-refractivity contribution in [2.45, 2.75) is 0 Å². The summed E-state index contributed by atoms with van der Waals surface area (Å²) in [7, 11) is 0. The predicted octanol–water partition coefficient (Wildman–Crippen LogP) is 16.5. The van der Waals surface area contributed by atoms with E-state index in [-0.39, 0.29) is 0 Å². The zero-order valence-electron chi connectivity index (χ0n) is 36.2. The smallest absolute Gasteiger partial charge is 0.164 e. The van der Waals surface area contributed by atoms with E-state index >= 15 is 0 Å². The molecule has 0 N–H and O–H groups in total. The van der Waals surface area contributed by atoms with E-state index in [1.165, 1.54) is 50.1 Å². The molecule has 0 saturated carbocycles. The van der Waals surface area contributed by atoms with E-state index in [9.17, 15) is 0 Å². The van der Waals surface area contributed by atoms with Crippen LogP contribution in [-0.4, -0.2) is 15.0 Å². The van der Waals surface area contributed by atoms with Crippen LogP contribution in [0.2, 0.25) is 0 Å². The van der Waals surface area contributed by atoms with E-state index in [0.717, 1.165) is 44.5 Å². The third kappa shape index (κ3) is 8.14. The number of hydrogen-bond acceptors (Lipinski definition) is 3. The van der Waals surface area contributed by atoms with Crippen molar-refractivity contribution in [3.8, 4) is 112 Å². The van der Waals surface area contributed by atoms with Crippen LogP contribution >= 0.6 is 0 Å². The predicted molar refractivity (Wildman–Crippen MR) is 274 cm³/mol. The molecule has 310 valence electrons. The molecule has 3 nitrogen and oxygen atoms in total. The molecule has 0 fully saturated rings. The van der Waals surface area contributed by atoms with Gasteiger partial charge >= 0.3 is 0 Å². The highest BCUT2D eigenvalue weighted by molar-refractivity contribution is 6.07. The number of rotatable bonds is 10. The third-order valence-corrected chi connectivity index (χ3v) is 12.1. The minimum absolute atomic E-state index is 0.634. The molecule has 0 spiro atoms. The fraction of sp³-hybridized carbons (Fsp3) is 0. The van der Waals surface area contributed by atoms with Crippen molar-refractivity contribution in [3.05, 3.63) is 261 Å². The summed E-state index contributed by atoms with van der Waals surface area (Å²) < 4.78 is 0. The van der Waals surface area contributed by atoms with E-state index in [2.05, 4.69) is 200 Å². The van der Waals surface area contributed by atoms with Crippen molar-refractivity contribution in [2.75, 3.05) is 0 Å². The fourth-order valence-electron chi connectivity index (χ4n) is 8.96. The highest BCUT2D eigenvalue weighted by Crippen LogP contribution is 2.50. The molecule has 10 aromatic carbocycles. The Balaban J connectivity index is 1.02. The van der Waals surface area contributed by atoms with Crippen molar-refractivity contribution in [1.82, 2.24) is 15.0 Å². The second kappa shape index (κ2) is 18.1. The highest BCUT2D eigenvalue weighted by atomic mass is 15.0. The van der Waals surface area contributed by atoms with Gasteiger partial charge in [-0.25, -0.2) is 15.0 Å². The monoisotopic (exact) mass is 841 g/mol. The molecule has 0 radical (unpaired) electrons. The average Bonchev–Trinajstić information content (AvgIpc) is 3.41.